The number of carbonyl (C=O) groups is 3. The van der Waals surface area contributed by atoms with Crippen LogP contribution in [0.2, 0.25) is 0 Å². The summed E-state index contributed by atoms with van der Waals surface area (Å²) in [6, 6.07) is 20.3. The lowest BCUT2D eigenvalue weighted by Gasteiger charge is -2.32. The summed E-state index contributed by atoms with van der Waals surface area (Å²) in [6.45, 7) is 10.0. The Morgan fingerprint density at radius 1 is 0.976 bits per heavy atom. The molecule has 0 aromatic heterocycles. The number of aryl methyl sites for hydroxylation is 1. The van der Waals surface area contributed by atoms with Crippen LogP contribution in [-0.2, 0) is 20.8 Å². The van der Waals surface area contributed by atoms with E-state index in [2.05, 4.69) is 58.2 Å². The van der Waals surface area contributed by atoms with Gasteiger partial charge in [0.25, 0.3) is 0 Å². The van der Waals surface area contributed by atoms with E-state index in [1.165, 1.54) is 0 Å². The van der Waals surface area contributed by atoms with Gasteiger partial charge in [0.15, 0.2) is 0 Å². The van der Waals surface area contributed by atoms with Gasteiger partial charge >= 0.3 is 0 Å². The molecule has 0 aliphatic carbocycles. The quantitative estimate of drug-likeness (QED) is 0.357. The van der Waals surface area contributed by atoms with Gasteiger partial charge in [-0.3, -0.25) is 14.4 Å². The molecule has 0 spiro atoms. The van der Waals surface area contributed by atoms with E-state index in [0.29, 0.717) is 37.3 Å². The zero-order valence-corrected chi connectivity index (χ0v) is 24.5. The summed E-state index contributed by atoms with van der Waals surface area (Å²) < 4.78 is 6.08. The van der Waals surface area contributed by atoms with E-state index in [4.69, 9.17) is 4.74 Å². The maximum Gasteiger partial charge on any atom is 0.247 e. The molecule has 220 valence electrons. The van der Waals surface area contributed by atoms with E-state index < -0.39 is 23.5 Å². The van der Waals surface area contributed by atoms with Crippen LogP contribution >= 0.6 is 0 Å². The maximum atomic E-state index is 13.8. The Kier molecular flexibility index (Phi) is 10.1. The summed E-state index contributed by atoms with van der Waals surface area (Å²) in [5.41, 5.74) is 1.41. The average molecular weight is 569 g/mol. The number of fused-ring (bicyclic) bond motifs is 2. The minimum Gasteiger partial charge on any atom is -0.492 e. The predicted molar refractivity (Wildman–Crippen MR) is 167 cm³/mol. The molecule has 8 heteroatoms. The van der Waals surface area contributed by atoms with E-state index >= 15 is 0 Å². The molecule has 42 heavy (non-hydrogen) atoms. The highest BCUT2D eigenvalue weighted by atomic mass is 16.5. The van der Waals surface area contributed by atoms with Crippen LogP contribution in [0.25, 0.3) is 16.8 Å². The Hall–Kier alpha value is -4.43. The highest BCUT2D eigenvalue weighted by Gasteiger charge is 2.36. The van der Waals surface area contributed by atoms with Crippen molar-refractivity contribution in [2.45, 2.75) is 51.2 Å². The van der Waals surface area contributed by atoms with Crippen molar-refractivity contribution in [3.05, 3.63) is 96.1 Å². The third-order valence-corrected chi connectivity index (χ3v) is 7.50. The first-order valence-corrected chi connectivity index (χ1v) is 14.3. The van der Waals surface area contributed by atoms with Gasteiger partial charge in [-0.1, -0.05) is 79.4 Å². The van der Waals surface area contributed by atoms with Crippen molar-refractivity contribution in [2.24, 2.45) is 0 Å². The molecule has 1 aliphatic rings. The lowest BCUT2D eigenvalue weighted by molar-refractivity contribution is -0.133. The van der Waals surface area contributed by atoms with Crippen molar-refractivity contribution in [3.63, 3.8) is 0 Å². The van der Waals surface area contributed by atoms with E-state index in [9.17, 15) is 14.4 Å². The van der Waals surface area contributed by atoms with Gasteiger partial charge in [0.1, 0.15) is 24.4 Å². The van der Waals surface area contributed by atoms with Gasteiger partial charge in [-0.15, -0.1) is 0 Å². The molecule has 0 saturated heterocycles. The van der Waals surface area contributed by atoms with Crippen LogP contribution in [0.3, 0.4) is 0 Å². The van der Waals surface area contributed by atoms with Crippen LogP contribution in [-0.4, -0.2) is 55.0 Å². The van der Waals surface area contributed by atoms with Gasteiger partial charge in [0.05, 0.1) is 5.54 Å². The lowest BCUT2D eigenvalue weighted by Crippen LogP contribution is -2.61. The molecule has 3 atom stereocenters. The van der Waals surface area contributed by atoms with E-state index in [-0.39, 0.29) is 18.4 Å². The molecule has 4 N–H and O–H groups in total. The van der Waals surface area contributed by atoms with Crippen molar-refractivity contribution in [1.29, 1.82) is 0 Å². The van der Waals surface area contributed by atoms with Crippen LogP contribution in [0.15, 0.2) is 85.0 Å². The maximum absolute atomic E-state index is 13.8. The molecule has 1 heterocycles. The third-order valence-electron chi connectivity index (χ3n) is 7.50. The number of amides is 3. The number of para-hydroxylation sites is 1. The Labute approximate surface area is 247 Å². The number of benzene rings is 3. The summed E-state index contributed by atoms with van der Waals surface area (Å²) >= 11 is 0. The first kappa shape index (κ1) is 30.5. The zero-order valence-electron chi connectivity index (χ0n) is 24.5. The second-order valence-corrected chi connectivity index (χ2v) is 11.0. The third kappa shape index (κ3) is 7.85. The van der Waals surface area contributed by atoms with E-state index in [1.807, 2.05) is 55.5 Å². The number of ether oxygens (including phenoxy) is 1. The normalized spacial score (nSPS) is 23.3. The van der Waals surface area contributed by atoms with E-state index in [0.717, 1.165) is 21.9 Å². The minimum atomic E-state index is -1.03. The van der Waals surface area contributed by atoms with Crippen LogP contribution < -0.4 is 26.0 Å². The number of nitrogens with one attached hydrogen (secondary N) is 4. The molecule has 8 nitrogen and oxygen atoms in total. The fourth-order valence-corrected chi connectivity index (χ4v) is 4.87. The first-order valence-electron chi connectivity index (χ1n) is 14.3. The number of rotatable bonds is 4. The molecule has 0 bridgehead atoms. The van der Waals surface area contributed by atoms with Crippen LogP contribution in [0.4, 0.5) is 0 Å². The molecule has 3 amide bonds. The van der Waals surface area contributed by atoms with E-state index in [1.54, 1.807) is 13.8 Å². The van der Waals surface area contributed by atoms with Crippen molar-refractivity contribution >= 4 is 34.6 Å². The molecule has 0 radical (unpaired) electrons. The molecule has 4 rings (SSSR count). The highest BCUT2D eigenvalue weighted by molar-refractivity contribution is 5.95. The molecule has 0 saturated carbocycles. The highest BCUT2D eigenvalue weighted by Crippen LogP contribution is 2.22. The van der Waals surface area contributed by atoms with Gasteiger partial charge in [0, 0.05) is 18.7 Å². The number of hydrogen-bond donors (Lipinski definition) is 4. The van der Waals surface area contributed by atoms with Gasteiger partial charge < -0.3 is 26.0 Å². The van der Waals surface area contributed by atoms with Gasteiger partial charge in [0.2, 0.25) is 17.7 Å². The molecular formula is C34H40N4O4. The predicted octanol–water partition coefficient (Wildman–Crippen LogP) is 3.91. The number of carbonyl (C=O) groups excluding carboxylic acids is 3. The zero-order chi connectivity index (χ0) is 30.1. The summed E-state index contributed by atoms with van der Waals surface area (Å²) in [7, 11) is 0. The van der Waals surface area contributed by atoms with Crippen molar-refractivity contribution < 1.29 is 19.1 Å². The molecule has 0 fully saturated rings. The fourth-order valence-electron chi connectivity index (χ4n) is 4.87. The summed E-state index contributed by atoms with van der Waals surface area (Å²) in [5.74, 6) is -0.474. The van der Waals surface area contributed by atoms with Crippen molar-refractivity contribution in [3.8, 4) is 5.75 Å². The standard InChI is InChI=1S/C34H40N4O4/c1-23(2)30-32(40)37-24(3)31(39)35-19-9-13-27-11-7-8-14-29(27)42-21-20-36-34(4,33(41)38-30)18-17-25-15-16-26-10-5-6-12-28(26)22-25/h5-16,22,24,30,36H,1,17-21H2,2-4H3,(H,35,39)(H,37,40)(H,38,41)/b13-9+/t24-,30+,34+/m0/s1. The van der Waals surface area contributed by atoms with Crippen LogP contribution in [0, 0.1) is 0 Å². The SMILES string of the molecule is C=C(C)[C@H]1NC(=O)[C@@](C)(CCc2ccc3ccccc3c2)NCCOc2ccccc2/C=C/CNC(=O)[C@H](C)NC1=O. The Bertz CT molecular complexity index is 1480. The van der Waals surface area contributed by atoms with Gasteiger partial charge in [-0.25, -0.2) is 0 Å². The molecule has 3 aromatic rings. The Balaban J connectivity index is 1.59. The average Bonchev–Trinajstić information content (AvgIpc) is 2.98. The topological polar surface area (TPSA) is 109 Å². The Morgan fingerprint density at radius 3 is 2.50 bits per heavy atom. The molecule has 1 aliphatic heterocycles. The van der Waals surface area contributed by atoms with Crippen LogP contribution in [0.5, 0.6) is 5.75 Å². The second-order valence-electron chi connectivity index (χ2n) is 11.0. The van der Waals surface area contributed by atoms with Crippen molar-refractivity contribution in [1.82, 2.24) is 21.3 Å². The van der Waals surface area contributed by atoms with Gasteiger partial charge in [-0.2, -0.15) is 0 Å². The second kappa shape index (κ2) is 14.0. The fraction of sp³-hybridized carbons (Fsp3) is 0.324. The lowest BCUT2D eigenvalue weighted by atomic mass is 9.90. The first-order chi connectivity index (χ1) is 20.2. The van der Waals surface area contributed by atoms with Crippen LogP contribution in [0.1, 0.15) is 38.3 Å². The summed E-state index contributed by atoms with van der Waals surface area (Å²) in [6.07, 6.45) is 4.82. The summed E-state index contributed by atoms with van der Waals surface area (Å²) in [4.78, 5) is 39.7. The Morgan fingerprint density at radius 2 is 1.71 bits per heavy atom. The smallest absolute Gasteiger partial charge is 0.247 e. The molecule has 3 aromatic carbocycles. The van der Waals surface area contributed by atoms with Gasteiger partial charge in [-0.05, 0) is 61.6 Å². The largest absolute Gasteiger partial charge is 0.492 e. The number of hydrogen-bond acceptors (Lipinski definition) is 5. The molecular weight excluding hydrogens is 528 g/mol. The summed E-state index contributed by atoms with van der Waals surface area (Å²) in [5, 5.41) is 14.1. The monoisotopic (exact) mass is 568 g/mol. The minimum absolute atomic E-state index is 0.283. The molecule has 0 unspecified atom stereocenters. The van der Waals surface area contributed by atoms with Crippen molar-refractivity contribution in [2.75, 3.05) is 19.7 Å².